The first-order valence-corrected chi connectivity index (χ1v) is 17.2. The van der Waals surface area contributed by atoms with Crippen LogP contribution in [-0.4, -0.2) is 79.9 Å². The Morgan fingerprint density at radius 3 is 1.42 bits per heavy atom. The van der Waals surface area contributed by atoms with E-state index in [1.165, 1.54) is 62.7 Å². The predicted octanol–water partition coefficient (Wildman–Crippen LogP) is 4.63. The van der Waals surface area contributed by atoms with E-state index in [-0.39, 0.29) is 51.0 Å². The molecule has 0 aromatic carbocycles. The number of nitrogens with two attached hydrogens (primary N) is 1. The van der Waals surface area contributed by atoms with Crippen molar-refractivity contribution in [3.63, 3.8) is 0 Å². The van der Waals surface area contributed by atoms with Gasteiger partial charge in [0.05, 0.1) is 0 Å². The number of nitrogens with zero attached hydrogens (tertiary/aromatic N) is 1. The summed E-state index contributed by atoms with van der Waals surface area (Å²) in [6.45, 7) is 2.15. The molecule has 7 N–H and O–H groups in total. The van der Waals surface area contributed by atoms with Crippen LogP contribution in [0.25, 0.3) is 0 Å². The number of hydrogen-bond acceptors (Lipinski definition) is 7. The Morgan fingerprint density at radius 1 is 0.622 bits per heavy atom. The highest BCUT2D eigenvalue weighted by atomic mass is 16.5. The highest BCUT2D eigenvalue weighted by Crippen LogP contribution is 2.17. The van der Waals surface area contributed by atoms with E-state index in [0.717, 1.165) is 38.5 Å². The maximum absolute atomic E-state index is 13.2. The van der Waals surface area contributed by atoms with Crippen molar-refractivity contribution >= 4 is 29.7 Å². The second-order valence-corrected chi connectivity index (χ2v) is 12.1. The quantitative estimate of drug-likeness (QED) is 0.0459. The van der Waals surface area contributed by atoms with Crippen molar-refractivity contribution < 1.29 is 44.4 Å². The van der Waals surface area contributed by atoms with Gasteiger partial charge in [-0.05, 0) is 32.1 Å². The average Bonchev–Trinajstić information content (AvgIpc) is 2.97. The molecule has 262 valence electrons. The molecule has 0 fully saturated rings. The summed E-state index contributed by atoms with van der Waals surface area (Å²) in [4.78, 5) is 61.0. The molecule has 0 saturated carbocycles. The lowest BCUT2D eigenvalue weighted by atomic mass is 10.0. The smallest absolute Gasteiger partial charge is 0.303 e. The zero-order valence-corrected chi connectivity index (χ0v) is 27.6. The summed E-state index contributed by atoms with van der Waals surface area (Å²) in [6.07, 6.45) is 16.4. The van der Waals surface area contributed by atoms with Crippen LogP contribution >= 0.6 is 0 Å². The van der Waals surface area contributed by atoms with Gasteiger partial charge in [0.25, 0.3) is 0 Å². The lowest BCUT2D eigenvalue weighted by Gasteiger charge is -2.32. The third-order valence-corrected chi connectivity index (χ3v) is 8.00. The molecule has 0 bridgehead atoms. The number of carbonyl (C=O) groups excluding carboxylic acids is 3. The number of carboxylic acids is 2. The van der Waals surface area contributed by atoms with Crippen LogP contribution < -0.4 is 11.1 Å². The molecular weight excluding hydrogens is 582 g/mol. The molecule has 0 saturated heterocycles. The van der Waals surface area contributed by atoms with Crippen LogP contribution in [0.3, 0.4) is 0 Å². The number of unbranched alkanes of at least 4 members (excludes halogenated alkanes) is 15. The Balaban J connectivity index is 4.37. The Morgan fingerprint density at radius 2 is 1.04 bits per heavy atom. The second-order valence-electron chi connectivity index (χ2n) is 12.1. The van der Waals surface area contributed by atoms with Gasteiger partial charge in [0, 0.05) is 32.2 Å². The van der Waals surface area contributed by atoms with Gasteiger partial charge >= 0.3 is 11.9 Å². The summed E-state index contributed by atoms with van der Waals surface area (Å²) in [5.41, 5.74) is 5.35. The average molecular weight is 644 g/mol. The first-order chi connectivity index (χ1) is 21.5. The molecule has 0 aliphatic heterocycles. The van der Waals surface area contributed by atoms with E-state index in [1.807, 2.05) is 6.92 Å². The lowest BCUT2D eigenvalue weighted by Crippen LogP contribution is -2.54. The molecule has 0 heterocycles. The topological polar surface area (TPSA) is 208 Å². The molecule has 2 unspecified atom stereocenters. The van der Waals surface area contributed by atoms with E-state index in [9.17, 15) is 34.2 Å². The van der Waals surface area contributed by atoms with Crippen molar-refractivity contribution in [3.05, 3.63) is 0 Å². The Bertz CT molecular complexity index is 838. The minimum absolute atomic E-state index is 0.0319. The fraction of sp³-hybridized carbons (Fsp3) is 0.848. The zero-order valence-electron chi connectivity index (χ0n) is 27.6. The first kappa shape index (κ1) is 42.3. The molecule has 3 amide bonds. The van der Waals surface area contributed by atoms with Crippen LogP contribution in [0.4, 0.5) is 0 Å². The summed E-state index contributed by atoms with van der Waals surface area (Å²) < 4.78 is 0. The number of amides is 3. The SMILES string of the molecule is CCCN(C(=O)CCCCCCCCCCCCCCCCCCC(=O)O)C(CCC(O)O)C(=O)NC(CCC(=O)O)C(N)=O. The van der Waals surface area contributed by atoms with E-state index >= 15 is 0 Å². The van der Waals surface area contributed by atoms with Gasteiger partial charge in [-0.15, -0.1) is 0 Å². The number of carboxylic acid groups (broad SMARTS) is 2. The Kier molecular flexibility index (Phi) is 25.9. The van der Waals surface area contributed by atoms with Crippen molar-refractivity contribution in [3.8, 4) is 0 Å². The molecule has 12 nitrogen and oxygen atoms in total. The van der Waals surface area contributed by atoms with Gasteiger partial charge in [-0.3, -0.25) is 24.0 Å². The van der Waals surface area contributed by atoms with Gasteiger partial charge in [0.1, 0.15) is 12.1 Å². The maximum atomic E-state index is 13.2. The molecule has 12 heteroatoms. The highest BCUT2D eigenvalue weighted by molar-refractivity contribution is 5.91. The van der Waals surface area contributed by atoms with Crippen LogP contribution in [0.1, 0.15) is 155 Å². The molecule has 0 rings (SSSR count). The fourth-order valence-electron chi connectivity index (χ4n) is 5.42. The van der Waals surface area contributed by atoms with Crippen molar-refractivity contribution in [1.82, 2.24) is 10.2 Å². The van der Waals surface area contributed by atoms with Crippen LogP contribution in [0.5, 0.6) is 0 Å². The summed E-state index contributed by atoms with van der Waals surface area (Å²) in [6, 6.07) is -2.26. The van der Waals surface area contributed by atoms with E-state index in [2.05, 4.69) is 5.32 Å². The van der Waals surface area contributed by atoms with Gasteiger partial charge in [0.2, 0.25) is 17.7 Å². The van der Waals surface area contributed by atoms with Crippen molar-refractivity contribution in [2.45, 2.75) is 173 Å². The number of aliphatic hydroxyl groups excluding tert-OH is 1. The number of rotatable bonds is 31. The molecule has 45 heavy (non-hydrogen) atoms. The fourth-order valence-corrected chi connectivity index (χ4v) is 5.42. The second kappa shape index (κ2) is 27.6. The molecular formula is C33H61N3O9. The number of aliphatic hydroxyl groups is 2. The van der Waals surface area contributed by atoms with E-state index in [0.29, 0.717) is 12.8 Å². The number of hydrogen-bond donors (Lipinski definition) is 6. The molecule has 0 aromatic rings. The lowest BCUT2D eigenvalue weighted by molar-refractivity contribution is -0.143. The first-order valence-electron chi connectivity index (χ1n) is 17.2. The van der Waals surface area contributed by atoms with E-state index in [1.54, 1.807) is 0 Å². The minimum atomic E-state index is -1.67. The number of carbonyl (C=O) groups is 5. The van der Waals surface area contributed by atoms with Crippen LogP contribution in [0, 0.1) is 0 Å². The summed E-state index contributed by atoms with van der Waals surface area (Å²) >= 11 is 0. The monoisotopic (exact) mass is 643 g/mol. The minimum Gasteiger partial charge on any atom is -0.481 e. The number of aliphatic carboxylic acids is 2. The Hall–Kier alpha value is -2.73. The van der Waals surface area contributed by atoms with Crippen LogP contribution in [0.2, 0.25) is 0 Å². The molecule has 2 atom stereocenters. The highest BCUT2D eigenvalue weighted by Gasteiger charge is 2.31. The molecule has 0 aliphatic carbocycles. The van der Waals surface area contributed by atoms with Gasteiger partial charge in [-0.25, -0.2) is 0 Å². The van der Waals surface area contributed by atoms with Gasteiger partial charge in [-0.1, -0.05) is 96.8 Å². The maximum Gasteiger partial charge on any atom is 0.303 e. The van der Waals surface area contributed by atoms with E-state index in [4.69, 9.17) is 15.9 Å². The third kappa shape index (κ3) is 24.2. The van der Waals surface area contributed by atoms with Crippen molar-refractivity contribution in [1.29, 1.82) is 0 Å². The van der Waals surface area contributed by atoms with Crippen molar-refractivity contribution in [2.75, 3.05) is 6.54 Å². The number of nitrogens with one attached hydrogen (secondary N) is 1. The standard InChI is InChI=1S/C33H61N3O9/c1-2-25-36(27(22-24-31(42)43)33(45)35-26(32(34)44)21-23-30(40)41)28(37)19-17-15-13-11-9-7-5-3-4-6-8-10-12-14-16-18-20-29(38)39/h26-27,31,42-43H,2-25H2,1H3,(H2,34,44)(H,35,45)(H,38,39)(H,40,41). The Labute approximate surface area is 269 Å². The molecule has 0 aliphatic rings. The van der Waals surface area contributed by atoms with E-state index < -0.39 is 42.1 Å². The molecule has 0 radical (unpaired) electrons. The normalized spacial score (nSPS) is 12.5. The van der Waals surface area contributed by atoms with Gasteiger partial charge in [0.15, 0.2) is 6.29 Å². The van der Waals surface area contributed by atoms with Crippen molar-refractivity contribution in [2.24, 2.45) is 5.73 Å². The zero-order chi connectivity index (χ0) is 33.9. The number of primary amides is 1. The largest absolute Gasteiger partial charge is 0.481 e. The summed E-state index contributed by atoms with van der Waals surface area (Å²) in [7, 11) is 0. The summed E-state index contributed by atoms with van der Waals surface area (Å²) in [5.74, 6) is -3.61. The molecule has 0 spiro atoms. The predicted molar refractivity (Wildman–Crippen MR) is 172 cm³/mol. The van der Waals surface area contributed by atoms with Gasteiger partial charge in [-0.2, -0.15) is 0 Å². The van der Waals surface area contributed by atoms with Crippen LogP contribution in [0.15, 0.2) is 0 Å². The van der Waals surface area contributed by atoms with Crippen LogP contribution in [-0.2, 0) is 24.0 Å². The third-order valence-electron chi connectivity index (χ3n) is 8.00. The van der Waals surface area contributed by atoms with Gasteiger partial charge < -0.3 is 36.4 Å². The molecule has 0 aromatic heterocycles. The summed E-state index contributed by atoms with van der Waals surface area (Å²) in [5, 5.41) is 38.8.